The molecule has 1 aromatic carbocycles. The largest absolute Gasteiger partial charge is 0.481 e. The summed E-state index contributed by atoms with van der Waals surface area (Å²) < 4.78 is 5.66. The molecule has 0 spiro atoms. The molecule has 24 heavy (non-hydrogen) atoms. The Bertz CT molecular complexity index is 611. The Morgan fingerprint density at radius 1 is 1.21 bits per heavy atom. The smallest absolute Gasteiger partial charge is 0.329 e. The van der Waals surface area contributed by atoms with Crippen molar-refractivity contribution in [2.75, 3.05) is 6.54 Å². The molecular weight excluding hydrogens is 310 g/mol. The Morgan fingerprint density at radius 3 is 2.50 bits per heavy atom. The maximum Gasteiger partial charge on any atom is 0.329 e. The molecule has 1 N–H and O–H groups in total. The van der Waals surface area contributed by atoms with Gasteiger partial charge >= 0.3 is 11.9 Å². The van der Waals surface area contributed by atoms with E-state index in [1.54, 1.807) is 0 Å². The third-order valence-corrected chi connectivity index (χ3v) is 4.22. The second-order valence-electron chi connectivity index (χ2n) is 6.44. The van der Waals surface area contributed by atoms with Crippen LogP contribution in [-0.4, -0.2) is 40.4 Å². The quantitative estimate of drug-likeness (QED) is 0.808. The average molecular weight is 333 g/mol. The molecule has 1 fully saturated rings. The fourth-order valence-electron chi connectivity index (χ4n) is 2.89. The molecule has 1 aromatic rings. The van der Waals surface area contributed by atoms with E-state index in [9.17, 15) is 14.4 Å². The van der Waals surface area contributed by atoms with E-state index in [0.29, 0.717) is 19.4 Å². The SMILES string of the molecule is CC(C)(OC(=O)[C@@H]1CCCN1C(=O)CCC(=O)O)c1ccccc1. The number of hydrogen-bond acceptors (Lipinski definition) is 4. The third-order valence-electron chi connectivity index (χ3n) is 4.22. The monoisotopic (exact) mass is 333 g/mol. The van der Waals surface area contributed by atoms with Crippen LogP contribution in [0.5, 0.6) is 0 Å². The number of rotatable bonds is 6. The lowest BCUT2D eigenvalue weighted by Gasteiger charge is -2.30. The fraction of sp³-hybridized carbons (Fsp3) is 0.500. The van der Waals surface area contributed by atoms with Crippen LogP contribution < -0.4 is 0 Å². The summed E-state index contributed by atoms with van der Waals surface area (Å²) in [5, 5.41) is 8.70. The van der Waals surface area contributed by atoms with Gasteiger partial charge < -0.3 is 14.7 Å². The molecular formula is C18H23NO5. The summed E-state index contributed by atoms with van der Waals surface area (Å²) in [6.07, 6.45) is 0.931. The molecule has 6 heteroatoms. The van der Waals surface area contributed by atoms with Crippen molar-refractivity contribution in [3.63, 3.8) is 0 Å². The topological polar surface area (TPSA) is 83.9 Å². The minimum Gasteiger partial charge on any atom is -0.481 e. The van der Waals surface area contributed by atoms with E-state index in [1.165, 1.54) is 4.90 Å². The molecule has 1 heterocycles. The number of carbonyl (C=O) groups is 3. The number of likely N-dealkylation sites (tertiary alicyclic amines) is 1. The molecule has 2 rings (SSSR count). The number of amides is 1. The van der Waals surface area contributed by atoms with Crippen molar-refractivity contribution in [1.82, 2.24) is 4.90 Å². The second-order valence-corrected chi connectivity index (χ2v) is 6.44. The van der Waals surface area contributed by atoms with Gasteiger partial charge in [-0.15, -0.1) is 0 Å². The van der Waals surface area contributed by atoms with Crippen LogP contribution in [0.3, 0.4) is 0 Å². The number of hydrogen-bond donors (Lipinski definition) is 1. The van der Waals surface area contributed by atoms with Gasteiger partial charge in [-0.1, -0.05) is 30.3 Å². The number of nitrogens with zero attached hydrogens (tertiary/aromatic N) is 1. The van der Waals surface area contributed by atoms with Gasteiger partial charge in [0, 0.05) is 13.0 Å². The van der Waals surface area contributed by atoms with E-state index in [-0.39, 0.29) is 18.7 Å². The van der Waals surface area contributed by atoms with Crippen LogP contribution in [0, 0.1) is 0 Å². The molecule has 1 amide bonds. The lowest BCUT2D eigenvalue weighted by Crippen LogP contribution is -2.43. The predicted molar refractivity (Wildman–Crippen MR) is 87.2 cm³/mol. The second kappa shape index (κ2) is 7.47. The van der Waals surface area contributed by atoms with Gasteiger partial charge in [0.25, 0.3) is 0 Å². The van der Waals surface area contributed by atoms with Gasteiger partial charge in [0.1, 0.15) is 11.6 Å². The van der Waals surface area contributed by atoms with E-state index in [1.807, 2.05) is 44.2 Å². The van der Waals surface area contributed by atoms with Crippen LogP contribution in [0.25, 0.3) is 0 Å². The lowest BCUT2D eigenvalue weighted by atomic mass is 9.98. The van der Waals surface area contributed by atoms with Gasteiger partial charge in [0.05, 0.1) is 6.42 Å². The fourth-order valence-corrected chi connectivity index (χ4v) is 2.89. The molecule has 0 saturated carbocycles. The van der Waals surface area contributed by atoms with Crippen molar-refractivity contribution in [2.24, 2.45) is 0 Å². The third kappa shape index (κ3) is 4.34. The number of carbonyl (C=O) groups excluding carboxylic acids is 2. The van der Waals surface area contributed by atoms with Crippen LogP contribution in [0.15, 0.2) is 30.3 Å². The molecule has 6 nitrogen and oxygen atoms in total. The highest BCUT2D eigenvalue weighted by atomic mass is 16.6. The van der Waals surface area contributed by atoms with E-state index in [4.69, 9.17) is 9.84 Å². The highest BCUT2D eigenvalue weighted by Crippen LogP contribution is 2.28. The minimum absolute atomic E-state index is 0.0960. The zero-order chi connectivity index (χ0) is 17.7. The van der Waals surface area contributed by atoms with Crippen molar-refractivity contribution < 1.29 is 24.2 Å². The Kier molecular flexibility index (Phi) is 5.59. The van der Waals surface area contributed by atoms with Gasteiger partial charge in [0.15, 0.2) is 0 Å². The first-order valence-electron chi connectivity index (χ1n) is 8.11. The number of ether oxygens (including phenoxy) is 1. The zero-order valence-electron chi connectivity index (χ0n) is 14.0. The van der Waals surface area contributed by atoms with Crippen molar-refractivity contribution in [3.8, 4) is 0 Å². The minimum atomic E-state index is -1.02. The molecule has 0 unspecified atom stereocenters. The summed E-state index contributed by atoms with van der Waals surface area (Å²) in [5.41, 5.74) is 0.0802. The van der Waals surface area contributed by atoms with E-state index in [0.717, 1.165) is 5.56 Å². The highest BCUT2D eigenvalue weighted by molar-refractivity contribution is 5.87. The standard InChI is InChI=1S/C18H23NO5/c1-18(2,13-7-4-3-5-8-13)24-17(23)14-9-6-12-19(14)15(20)10-11-16(21)22/h3-5,7-8,14H,6,9-12H2,1-2H3,(H,21,22)/t14-/m0/s1. The Hall–Kier alpha value is -2.37. The van der Waals surface area contributed by atoms with Gasteiger partial charge in [0.2, 0.25) is 5.91 Å². The van der Waals surface area contributed by atoms with Gasteiger partial charge in [-0.25, -0.2) is 4.79 Å². The molecule has 0 aliphatic carbocycles. The normalized spacial score (nSPS) is 17.6. The molecule has 0 aromatic heterocycles. The Labute approximate surface area is 141 Å². The van der Waals surface area contributed by atoms with Crippen molar-refractivity contribution >= 4 is 17.8 Å². The average Bonchev–Trinajstić information content (AvgIpc) is 3.03. The van der Waals surface area contributed by atoms with E-state index in [2.05, 4.69) is 0 Å². The summed E-state index contributed by atoms with van der Waals surface area (Å²) in [7, 11) is 0. The van der Waals surface area contributed by atoms with Crippen LogP contribution in [0.1, 0.15) is 45.1 Å². The number of benzene rings is 1. The number of esters is 1. The number of carboxylic acid groups (broad SMARTS) is 1. The Balaban J connectivity index is 2.02. The van der Waals surface area contributed by atoms with Crippen molar-refractivity contribution in [2.45, 2.75) is 51.2 Å². The van der Waals surface area contributed by atoms with Gasteiger partial charge in [-0.2, -0.15) is 0 Å². The maximum atomic E-state index is 12.6. The molecule has 1 atom stereocenters. The maximum absolute atomic E-state index is 12.6. The summed E-state index contributed by atoms with van der Waals surface area (Å²) >= 11 is 0. The van der Waals surface area contributed by atoms with E-state index >= 15 is 0 Å². The van der Waals surface area contributed by atoms with Crippen LogP contribution in [-0.2, 0) is 24.7 Å². The molecule has 1 aliphatic heterocycles. The summed E-state index contributed by atoms with van der Waals surface area (Å²) in [4.78, 5) is 36.8. The predicted octanol–water partition coefficient (Wildman–Crippen LogP) is 2.32. The summed E-state index contributed by atoms with van der Waals surface area (Å²) in [6.45, 7) is 4.08. The lowest BCUT2D eigenvalue weighted by molar-refractivity contribution is -0.165. The van der Waals surface area contributed by atoms with Crippen LogP contribution in [0.2, 0.25) is 0 Å². The summed E-state index contributed by atoms with van der Waals surface area (Å²) in [5.74, 6) is -1.77. The van der Waals surface area contributed by atoms with E-state index < -0.39 is 23.6 Å². The zero-order valence-corrected chi connectivity index (χ0v) is 14.0. The van der Waals surface area contributed by atoms with Gasteiger partial charge in [-0.05, 0) is 32.3 Å². The summed E-state index contributed by atoms with van der Waals surface area (Å²) in [6, 6.07) is 8.79. The first-order chi connectivity index (χ1) is 11.3. The number of aliphatic carboxylic acids is 1. The molecule has 0 bridgehead atoms. The first-order valence-corrected chi connectivity index (χ1v) is 8.11. The van der Waals surface area contributed by atoms with Gasteiger partial charge in [-0.3, -0.25) is 9.59 Å². The van der Waals surface area contributed by atoms with Crippen LogP contribution >= 0.6 is 0 Å². The molecule has 1 saturated heterocycles. The van der Waals surface area contributed by atoms with Crippen molar-refractivity contribution in [3.05, 3.63) is 35.9 Å². The van der Waals surface area contributed by atoms with Crippen LogP contribution in [0.4, 0.5) is 0 Å². The highest BCUT2D eigenvalue weighted by Gasteiger charge is 2.38. The number of carboxylic acids is 1. The molecule has 0 radical (unpaired) electrons. The molecule has 1 aliphatic rings. The Morgan fingerprint density at radius 2 is 1.88 bits per heavy atom. The van der Waals surface area contributed by atoms with Crippen molar-refractivity contribution in [1.29, 1.82) is 0 Å². The first kappa shape index (κ1) is 18.0. The molecule has 130 valence electrons.